The minimum absolute atomic E-state index is 0.0732. The molecule has 2 rings (SSSR count). The molecule has 102 valence electrons. The lowest BCUT2D eigenvalue weighted by molar-refractivity contribution is 0.151. The Kier molecular flexibility index (Phi) is 4.63. The van der Waals surface area contributed by atoms with Crippen LogP contribution in [0, 0.1) is 0 Å². The highest BCUT2D eigenvalue weighted by molar-refractivity contribution is 5.24. The Hall–Kier alpha value is -1.75. The van der Waals surface area contributed by atoms with Crippen molar-refractivity contribution < 1.29 is 8.78 Å². The molecule has 0 fully saturated rings. The van der Waals surface area contributed by atoms with Gasteiger partial charge in [-0.2, -0.15) is 5.10 Å². The summed E-state index contributed by atoms with van der Waals surface area (Å²) < 4.78 is 26.8. The van der Waals surface area contributed by atoms with Crippen molar-refractivity contribution >= 4 is 0 Å². The lowest BCUT2D eigenvalue weighted by atomic mass is 10.1. The number of halogens is 2. The van der Waals surface area contributed by atoms with Crippen LogP contribution in [-0.2, 0) is 20.0 Å². The van der Waals surface area contributed by atoms with Crippen LogP contribution >= 0.6 is 0 Å². The van der Waals surface area contributed by atoms with Crippen molar-refractivity contribution in [3.63, 3.8) is 0 Å². The SMILES string of the molecule is Cn1ccc(CCNCc2cccc(C(F)F)c2)n1. The predicted molar refractivity (Wildman–Crippen MR) is 70.0 cm³/mol. The minimum atomic E-state index is -2.41. The van der Waals surface area contributed by atoms with Gasteiger partial charge in [0.25, 0.3) is 6.43 Å². The molecule has 0 bridgehead atoms. The number of benzene rings is 1. The molecule has 5 heteroatoms. The highest BCUT2D eigenvalue weighted by Crippen LogP contribution is 2.19. The zero-order valence-corrected chi connectivity index (χ0v) is 10.8. The number of alkyl halides is 2. The number of rotatable bonds is 6. The van der Waals surface area contributed by atoms with E-state index in [-0.39, 0.29) is 5.56 Å². The molecule has 0 unspecified atom stereocenters. The summed E-state index contributed by atoms with van der Waals surface area (Å²) in [6, 6.07) is 8.47. The summed E-state index contributed by atoms with van der Waals surface area (Å²) in [6.07, 6.45) is 0.324. The molecule has 0 aliphatic rings. The number of aryl methyl sites for hydroxylation is 1. The van der Waals surface area contributed by atoms with E-state index in [4.69, 9.17) is 0 Å². The maximum atomic E-state index is 12.5. The van der Waals surface area contributed by atoms with Crippen LogP contribution in [0.2, 0.25) is 0 Å². The molecule has 0 saturated heterocycles. The van der Waals surface area contributed by atoms with Crippen LogP contribution in [-0.4, -0.2) is 16.3 Å². The number of aromatic nitrogens is 2. The van der Waals surface area contributed by atoms with Gasteiger partial charge in [-0.1, -0.05) is 18.2 Å². The summed E-state index contributed by atoms with van der Waals surface area (Å²) in [6.45, 7) is 1.36. The second-order valence-electron chi connectivity index (χ2n) is 4.45. The van der Waals surface area contributed by atoms with Gasteiger partial charge in [0, 0.05) is 38.3 Å². The highest BCUT2D eigenvalue weighted by Gasteiger charge is 2.06. The summed E-state index contributed by atoms with van der Waals surface area (Å²) in [5, 5.41) is 7.50. The van der Waals surface area contributed by atoms with E-state index in [0.29, 0.717) is 6.54 Å². The van der Waals surface area contributed by atoms with Gasteiger partial charge in [-0.3, -0.25) is 4.68 Å². The fraction of sp³-hybridized carbons (Fsp3) is 0.357. The van der Waals surface area contributed by atoms with Gasteiger partial charge in [0.15, 0.2) is 0 Å². The summed E-state index contributed by atoms with van der Waals surface area (Å²) in [4.78, 5) is 0. The molecule has 1 aromatic carbocycles. The van der Waals surface area contributed by atoms with Gasteiger partial charge in [0.1, 0.15) is 0 Å². The number of hydrogen-bond donors (Lipinski definition) is 1. The van der Waals surface area contributed by atoms with Gasteiger partial charge in [0.2, 0.25) is 0 Å². The van der Waals surface area contributed by atoms with Crippen LogP contribution in [0.25, 0.3) is 0 Å². The fourth-order valence-electron chi connectivity index (χ4n) is 1.88. The van der Waals surface area contributed by atoms with Crippen molar-refractivity contribution in [1.82, 2.24) is 15.1 Å². The largest absolute Gasteiger partial charge is 0.312 e. The van der Waals surface area contributed by atoms with E-state index in [9.17, 15) is 8.78 Å². The lowest BCUT2D eigenvalue weighted by Crippen LogP contribution is -2.17. The fourth-order valence-corrected chi connectivity index (χ4v) is 1.88. The zero-order valence-electron chi connectivity index (χ0n) is 10.8. The van der Waals surface area contributed by atoms with E-state index in [2.05, 4.69) is 10.4 Å². The van der Waals surface area contributed by atoms with Crippen molar-refractivity contribution in [2.75, 3.05) is 6.54 Å². The molecular formula is C14H17F2N3. The molecule has 0 aliphatic heterocycles. The smallest absolute Gasteiger partial charge is 0.263 e. The van der Waals surface area contributed by atoms with Gasteiger partial charge >= 0.3 is 0 Å². The van der Waals surface area contributed by atoms with E-state index < -0.39 is 6.43 Å². The number of hydrogen-bond acceptors (Lipinski definition) is 2. The first-order valence-electron chi connectivity index (χ1n) is 6.21. The topological polar surface area (TPSA) is 29.9 Å². The van der Waals surface area contributed by atoms with E-state index >= 15 is 0 Å². The molecule has 0 radical (unpaired) electrons. The molecule has 0 amide bonds. The van der Waals surface area contributed by atoms with Gasteiger partial charge in [-0.05, 0) is 17.7 Å². The molecule has 0 aliphatic carbocycles. The maximum absolute atomic E-state index is 12.5. The van der Waals surface area contributed by atoms with Crippen LogP contribution < -0.4 is 5.32 Å². The van der Waals surface area contributed by atoms with Crippen LogP contribution in [0.5, 0.6) is 0 Å². The molecule has 0 saturated carbocycles. The normalized spacial score (nSPS) is 11.2. The van der Waals surface area contributed by atoms with Gasteiger partial charge in [0.05, 0.1) is 5.69 Å². The van der Waals surface area contributed by atoms with E-state index in [1.807, 2.05) is 25.4 Å². The molecular weight excluding hydrogens is 248 g/mol. The Morgan fingerprint density at radius 3 is 2.84 bits per heavy atom. The Morgan fingerprint density at radius 1 is 1.32 bits per heavy atom. The van der Waals surface area contributed by atoms with Crippen LogP contribution in [0.4, 0.5) is 8.78 Å². The Balaban J connectivity index is 1.78. The molecule has 1 heterocycles. The van der Waals surface area contributed by atoms with Crippen molar-refractivity contribution in [3.05, 3.63) is 53.3 Å². The highest BCUT2D eigenvalue weighted by atomic mass is 19.3. The average molecular weight is 265 g/mol. The van der Waals surface area contributed by atoms with Crippen LogP contribution in [0.3, 0.4) is 0 Å². The Morgan fingerprint density at radius 2 is 2.16 bits per heavy atom. The van der Waals surface area contributed by atoms with Crippen molar-refractivity contribution in [3.8, 4) is 0 Å². The first kappa shape index (κ1) is 13.7. The minimum Gasteiger partial charge on any atom is -0.312 e. The Bertz CT molecular complexity index is 523. The first-order chi connectivity index (χ1) is 9.15. The third kappa shape index (κ3) is 4.13. The second-order valence-corrected chi connectivity index (χ2v) is 4.45. The molecule has 19 heavy (non-hydrogen) atoms. The van der Waals surface area contributed by atoms with E-state index in [1.54, 1.807) is 16.8 Å². The van der Waals surface area contributed by atoms with Gasteiger partial charge in [-0.25, -0.2) is 8.78 Å². The van der Waals surface area contributed by atoms with E-state index in [0.717, 1.165) is 24.2 Å². The third-order valence-electron chi connectivity index (χ3n) is 2.86. The summed E-state index contributed by atoms with van der Waals surface area (Å²) in [5.41, 5.74) is 1.97. The third-order valence-corrected chi connectivity index (χ3v) is 2.86. The monoisotopic (exact) mass is 265 g/mol. The number of nitrogens with one attached hydrogen (secondary N) is 1. The summed E-state index contributed by atoms with van der Waals surface area (Å²) in [5.74, 6) is 0. The molecule has 3 nitrogen and oxygen atoms in total. The maximum Gasteiger partial charge on any atom is 0.263 e. The van der Waals surface area contributed by atoms with Crippen molar-refractivity contribution in [2.24, 2.45) is 7.05 Å². The Labute approximate surface area is 111 Å². The molecule has 1 N–H and O–H groups in total. The van der Waals surface area contributed by atoms with E-state index in [1.165, 1.54) is 6.07 Å². The van der Waals surface area contributed by atoms with Gasteiger partial charge < -0.3 is 5.32 Å². The lowest BCUT2D eigenvalue weighted by Gasteiger charge is -2.06. The van der Waals surface area contributed by atoms with Crippen LogP contribution in [0.15, 0.2) is 36.5 Å². The zero-order chi connectivity index (χ0) is 13.7. The second kappa shape index (κ2) is 6.43. The summed E-state index contributed by atoms with van der Waals surface area (Å²) >= 11 is 0. The standard InChI is InChI=1S/C14H17F2N3/c1-19-8-6-13(18-19)5-7-17-10-11-3-2-4-12(9-11)14(15)16/h2-4,6,8-9,14,17H,5,7,10H2,1H3. The van der Waals surface area contributed by atoms with Crippen molar-refractivity contribution in [2.45, 2.75) is 19.4 Å². The molecule has 0 spiro atoms. The van der Waals surface area contributed by atoms with Crippen molar-refractivity contribution in [1.29, 1.82) is 0 Å². The quantitative estimate of drug-likeness (QED) is 0.814. The average Bonchev–Trinajstić information content (AvgIpc) is 2.81. The van der Waals surface area contributed by atoms with Crippen LogP contribution in [0.1, 0.15) is 23.2 Å². The molecule has 0 atom stereocenters. The first-order valence-corrected chi connectivity index (χ1v) is 6.21. The molecule has 2 aromatic rings. The number of nitrogens with zero attached hydrogens (tertiary/aromatic N) is 2. The summed E-state index contributed by atoms with van der Waals surface area (Å²) in [7, 11) is 1.88. The van der Waals surface area contributed by atoms with Gasteiger partial charge in [-0.15, -0.1) is 0 Å². The molecule has 1 aromatic heterocycles. The predicted octanol–water partition coefficient (Wildman–Crippen LogP) is 2.69.